The molecule has 1 heterocycles. The second kappa shape index (κ2) is 9.33. The lowest BCUT2D eigenvalue weighted by molar-refractivity contribution is -0.134. The summed E-state index contributed by atoms with van der Waals surface area (Å²) in [6, 6.07) is 8.72. The topological polar surface area (TPSA) is 106 Å². The molecule has 146 valence electrons. The van der Waals surface area contributed by atoms with E-state index in [-0.39, 0.29) is 22.9 Å². The third kappa shape index (κ3) is 5.66. The number of carbonyl (C=O) groups is 2. The van der Waals surface area contributed by atoms with Crippen LogP contribution in [0.1, 0.15) is 30.0 Å². The molecule has 1 aromatic heterocycles. The summed E-state index contributed by atoms with van der Waals surface area (Å²) in [6.07, 6.45) is 1.44. The van der Waals surface area contributed by atoms with Crippen molar-refractivity contribution in [2.75, 3.05) is 19.7 Å². The predicted molar refractivity (Wildman–Crippen MR) is 97.4 cm³/mol. The first kappa shape index (κ1) is 20.7. The minimum atomic E-state index is -3.84. The van der Waals surface area contributed by atoms with Crippen molar-refractivity contribution in [2.45, 2.75) is 25.3 Å². The van der Waals surface area contributed by atoms with Crippen molar-refractivity contribution in [3.63, 3.8) is 0 Å². The van der Waals surface area contributed by atoms with Gasteiger partial charge in [-0.15, -0.1) is 0 Å². The van der Waals surface area contributed by atoms with Crippen LogP contribution in [0, 0.1) is 0 Å². The summed E-state index contributed by atoms with van der Waals surface area (Å²) in [7, 11) is -3.84. The van der Waals surface area contributed by atoms with Gasteiger partial charge in [0.1, 0.15) is 5.76 Å². The number of nitrogens with one attached hydrogen (secondary N) is 1. The molecule has 1 N–H and O–H groups in total. The van der Waals surface area contributed by atoms with Crippen molar-refractivity contribution < 1.29 is 27.2 Å². The van der Waals surface area contributed by atoms with Gasteiger partial charge in [0.05, 0.1) is 23.3 Å². The maximum absolute atomic E-state index is 12.4. The van der Waals surface area contributed by atoms with Gasteiger partial charge in [-0.3, -0.25) is 4.79 Å². The number of ether oxygens (including phenoxy) is 1. The fourth-order valence-corrected chi connectivity index (χ4v) is 3.37. The average Bonchev–Trinajstić information content (AvgIpc) is 3.19. The fraction of sp³-hybridized carbons (Fsp3) is 0.333. The second-order valence-electron chi connectivity index (χ2n) is 5.57. The highest BCUT2D eigenvalue weighted by Gasteiger charge is 2.18. The quantitative estimate of drug-likeness (QED) is 0.650. The van der Waals surface area contributed by atoms with Crippen LogP contribution in [0.5, 0.6) is 0 Å². The number of likely N-dealkylation sites (N-methyl/N-ethyl adjacent to an activating group) is 1. The standard InChI is InChI=1S/C18H22N2O6S/c1-3-20(4-2)17(21)13-26-18(22)14-7-5-9-16(11-14)27(23,24)19-12-15-8-6-10-25-15/h5-11,19H,3-4,12-13H2,1-2H3. The van der Waals surface area contributed by atoms with E-state index in [1.807, 2.05) is 13.8 Å². The Morgan fingerprint density at radius 1 is 1.15 bits per heavy atom. The Kier molecular flexibility index (Phi) is 7.14. The molecule has 0 spiro atoms. The molecule has 0 saturated heterocycles. The molecule has 0 bridgehead atoms. The average molecular weight is 394 g/mol. The zero-order valence-electron chi connectivity index (χ0n) is 15.2. The van der Waals surface area contributed by atoms with E-state index in [9.17, 15) is 18.0 Å². The van der Waals surface area contributed by atoms with E-state index in [0.717, 1.165) is 0 Å². The summed E-state index contributed by atoms with van der Waals surface area (Å²) in [5, 5.41) is 0. The zero-order chi connectivity index (χ0) is 19.9. The highest BCUT2D eigenvalue weighted by atomic mass is 32.2. The van der Waals surface area contributed by atoms with Gasteiger partial charge in [-0.05, 0) is 44.2 Å². The van der Waals surface area contributed by atoms with Crippen molar-refractivity contribution >= 4 is 21.9 Å². The van der Waals surface area contributed by atoms with Crippen LogP contribution in [-0.4, -0.2) is 44.9 Å². The van der Waals surface area contributed by atoms with Crippen LogP contribution in [0.15, 0.2) is 52.0 Å². The van der Waals surface area contributed by atoms with Gasteiger partial charge in [0.15, 0.2) is 6.61 Å². The molecule has 0 aliphatic carbocycles. The molecule has 0 saturated carbocycles. The maximum Gasteiger partial charge on any atom is 0.338 e. The molecular weight excluding hydrogens is 372 g/mol. The van der Waals surface area contributed by atoms with Gasteiger partial charge >= 0.3 is 5.97 Å². The van der Waals surface area contributed by atoms with E-state index in [2.05, 4.69) is 4.72 Å². The van der Waals surface area contributed by atoms with Crippen LogP contribution in [0.2, 0.25) is 0 Å². The molecular formula is C18H22N2O6S. The third-order valence-electron chi connectivity index (χ3n) is 3.84. The van der Waals surface area contributed by atoms with Gasteiger partial charge < -0.3 is 14.1 Å². The molecule has 1 amide bonds. The Morgan fingerprint density at radius 2 is 1.89 bits per heavy atom. The Morgan fingerprint density at radius 3 is 2.52 bits per heavy atom. The zero-order valence-corrected chi connectivity index (χ0v) is 16.0. The van der Waals surface area contributed by atoms with Crippen LogP contribution in [0.3, 0.4) is 0 Å². The highest BCUT2D eigenvalue weighted by Crippen LogP contribution is 2.13. The summed E-state index contributed by atoms with van der Waals surface area (Å²) in [6.45, 7) is 4.28. The number of hydrogen-bond donors (Lipinski definition) is 1. The Bertz CT molecular complexity index is 873. The fourth-order valence-electron chi connectivity index (χ4n) is 2.33. The van der Waals surface area contributed by atoms with E-state index >= 15 is 0 Å². The summed E-state index contributed by atoms with van der Waals surface area (Å²) < 4.78 is 37.2. The lowest BCUT2D eigenvalue weighted by Gasteiger charge is -2.18. The van der Waals surface area contributed by atoms with Crippen molar-refractivity contribution in [3.8, 4) is 0 Å². The van der Waals surface area contributed by atoms with E-state index in [1.54, 1.807) is 12.1 Å². The Labute approximate surface area is 158 Å². The van der Waals surface area contributed by atoms with Gasteiger partial charge in [-0.25, -0.2) is 17.9 Å². The maximum atomic E-state index is 12.4. The first-order valence-corrected chi connectivity index (χ1v) is 9.92. The van der Waals surface area contributed by atoms with Crippen molar-refractivity contribution in [2.24, 2.45) is 0 Å². The molecule has 27 heavy (non-hydrogen) atoms. The number of hydrogen-bond acceptors (Lipinski definition) is 6. The van der Waals surface area contributed by atoms with Crippen LogP contribution in [-0.2, 0) is 26.1 Å². The smallest absolute Gasteiger partial charge is 0.338 e. The monoisotopic (exact) mass is 394 g/mol. The number of carbonyl (C=O) groups excluding carboxylic acids is 2. The van der Waals surface area contributed by atoms with Crippen molar-refractivity contribution in [3.05, 3.63) is 54.0 Å². The van der Waals surface area contributed by atoms with E-state index in [4.69, 9.17) is 9.15 Å². The molecule has 0 aliphatic heterocycles. The van der Waals surface area contributed by atoms with E-state index in [1.165, 1.54) is 35.4 Å². The summed E-state index contributed by atoms with van der Waals surface area (Å²) in [5.41, 5.74) is 0.0446. The van der Waals surface area contributed by atoms with Crippen molar-refractivity contribution in [1.29, 1.82) is 0 Å². The number of furan rings is 1. The van der Waals surface area contributed by atoms with Gasteiger partial charge in [0.2, 0.25) is 10.0 Å². The third-order valence-corrected chi connectivity index (χ3v) is 5.24. The molecule has 0 aliphatic rings. The second-order valence-corrected chi connectivity index (χ2v) is 7.34. The SMILES string of the molecule is CCN(CC)C(=O)COC(=O)c1cccc(S(=O)(=O)NCc2ccco2)c1. The number of sulfonamides is 1. The highest BCUT2D eigenvalue weighted by molar-refractivity contribution is 7.89. The van der Waals surface area contributed by atoms with Crippen LogP contribution >= 0.6 is 0 Å². The first-order chi connectivity index (χ1) is 12.9. The minimum absolute atomic E-state index is 0.0115. The summed E-state index contributed by atoms with van der Waals surface area (Å²) in [5.74, 6) is -0.611. The molecule has 0 unspecified atom stereocenters. The number of rotatable bonds is 9. The molecule has 2 rings (SSSR count). The molecule has 0 radical (unpaired) electrons. The number of benzene rings is 1. The summed E-state index contributed by atoms with van der Waals surface area (Å²) in [4.78, 5) is 25.5. The largest absolute Gasteiger partial charge is 0.468 e. The van der Waals surface area contributed by atoms with Gasteiger partial charge in [0, 0.05) is 13.1 Å². The minimum Gasteiger partial charge on any atom is -0.468 e. The van der Waals surface area contributed by atoms with E-state index in [0.29, 0.717) is 18.8 Å². The lowest BCUT2D eigenvalue weighted by Crippen LogP contribution is -2.34. The van der Waals surface area contributed by atoms with Crippen LogP contribution < -0.4 is 4.72 Å². The summed E-state index contributed by atoms with van der Waals surface area (Å²) >= 11 is 0. The Balaban J connectivity index is 2.03. The van der Waals surface area contributed by atoms with Gasteiger partial charge in [-0.2, -0.15) is 0 Å². The number of nitrogens with zero attached hydrogens (tertiary/aromatic N) is 1. The molecule has 0 fully saturated rings. The Hall–Kier alpha value is -2.65. The number of esters is 1. The van der Waals surface area contributed by atoms with E-state index < -0.39 is 22.6 Å². The lowest BCUT2D eigenvalue weighted by atomic mass is 10.2. The van der Waals surface area contributed by atoms with Crippen molar-refractivity contribution in [1.82, 2.24) is 9.62 Å². The first-order valence-electron chi connectivity index (χ1n) is 8.44. The molecule has 2 aromatic rings. The normalized spacial score (nSPS) is 11.2. The number of amides is 1. The van der Waals surface area contributed by atoms with Gasteiger partial charge in [0.25, 0.3) is 5.91 Å². The van der Waals surface area contributed by atoms with Crippen LogP contribution in [0.25, 0.3) is 0 Å². The molecule has 9 heteroatoms. The molecule has 8 nitrogen and oxygen atoms in total. The molecule has 1 aromatic carbocycles. The van der Waals surface area contributed by atoms with Gasteiger partial charge in [-0.1, -0.05) is 6.07 Å². The molecule has 0 atom stereocenters. The van der Waals surface area contributed by atoms with Crippen LogP contribution in [0.4, 0.5) is 0 Å². The predicted octanol–water partition coefficient (Wildman–Crippen LogP) is 1.78.